The van der Waals surface area contributed by atoms with Gasteiger partial charge in [-0.25, -0.2) is 9.79 Å². The van der Waals surface area contributed by atoms with E-state index in [2.05, 4.69) is 43.5 Å². The van der Waals surface area contributed by atoms with Crippen molar-refractivity contribution in [1.82, 2.24) is 0 Å². The van der Waals surface area contributed by atoms with Crippen molar-refractivity contribution >= 4 is 73.8 Å². The second-order valence-electron chi connectivity index (χ2n) is 7.44. The molecule has 11 heteroatoms. The number of rotatable bonds is 8. The highest BCUT2D eigenvalue weighted by molar-refractivity contribution is 14.1. The number of cyclic esters (lactones) is 1. The Morgan fingerprint density at radius 3 is 2.69 bits per heavy atom. The van der Waals surface area contributed by atoms with Crippen LogP contribution in [0.4, 0.5) is 5.69 Å². The number of nitro benzene ring substituents is 1. The normalized spacial score (nSPS) is 13.9. The number of esters is 1. The highest BCUT2D eigenvalue weighted by Gasteiger charge is 2.27. The molecule has 0 spiro atoms. The number of nitro groups is 1. The zero-order valence-electron chi connectivity index (χ0n) is 18.7. The summed E-state index contributed by atoms with van der Waals surface area (Å²) in [6.45, 7) is 2.65. The van der Waals surface area contributed by atoms with Gasteiger partial charge >= 0.3 is 5.97 Å². The van der Waals surface area contributed by atoms with Crippen LogP contribution in [0.1, 0.15) is 23.6 Å². The van der Waals surface area contributed by atoms with Crippen LogP contribution in [0.3, 0.4) is 0 Å². The topological polar surface area (TPSA) is 100 Å². The van der Waals surface area contributed by atoms with Gasteiger partial charge in [0.15, 0.2) is 17.2 Å². The molecule has 4 rings (SSSR count). The molecule has 0 radical (unpaired) electrons. The lowest BCUT2D eigenvalue weighted by Crippen LogP contribution is -2.06. The van der Waals surface area contributed by atoms with E-state index in [-0.39, 0.29) is 27.9 Å². The summed E-state index contributed by atoms with van der Waals surface area (Å²) < 4.78 is 18.9. The summed E-state index contributed by atoms with van der Waals surface area (Å²) in [4.78, 5) is 27.1. The van der Waals surface area contributed by atoms with Gasteiger partial charge in [0, 0.05) is 16.6 Å². The molecule has 0 N–H and O–H groups in total. The van der Waals surface area contributed by atoms with E-state index in [9.17, 15) is 14.9 Å². The lowest BCUT2D eigenvalue weighted by Gasteiger charge is -2.15. The van der Waals surface area contributed by atoms with Crippen molar-refractivity contribution in [2.24, 2.45) is 4.99 Å². The summed E-state index contributed by atoms with van der Waals surface area (Å²) in [6.07, 6.45) is 1.57. The number of ether oxygens (including phenoxy) is 3. The predicted molar refractivity (Wildman–Crippen MR) is 148 cm³/mol. The number of carbonyl (C=O) groups excluding carboxylic acids is 1. The van der Waals surface area contributed by atoms with Crippen LogP contribution in [0.15, 0.2) is 69.8 Å². The second kappa shape index (κ2) is 11.4. The van der Waals surface area contributed by atoms with Gasteiger partial charge < -0.3 is 14.2 Å². The highest BCUT2D eigenvalue weighted by atomic mass is 127. The summed E-state index contributed by atoms with van der Waals surface area (Å²) in [5.74, 6) is 0.429. The molecule has 0 aromatic heterocycles. The Kier molecular flexibility index (Phi) is 8.27. The zero-order valence-corrected chi connectivity index (χ0v) is 23.2. The van der Waals surface area contributed by atoms with Crippen LogP contribution in [0, 0.1) is 13.7 Å². The van der Waals surface area contributed by atoms with E-state index >= 15 is 0 Å². The Bertz CT molecular complexity index is 1430. The van der Waals surface area contributed by atoms with Crippen molar-refractivity contribution < 1.29 is 23.9 Å². The maximum atomic E-state index is 12.5. The molecule has 184 valence electrons. The second-order valence-corrected chi connectivity index (χ2v) is 9.92. The molecule has 36 heavy (non-hydrogen) atoms. The van der Waals surface area contributed by atoms with Crippen LogP contribution < -0.4 is 9.47 Å². The molecule has 1 aliphatic heterocycles. The number of halogens is 3. The number of nitrogens with zero attached hydrogens (tertiary/aromatic N) is 2. The molecule has 0 fully saturated rings. The minimum Gasteiger partial charge on any atom is -0.490 e. The van der Waals surface area contributed by atoms with E-state index in [1.54, 1.807) is 12.1 Å². The fourth-order valence-electron chi connectivity index (χ4n) is 3.33. The van der Waals surface area contributed by atoms with E-state index in [4.69, 9.17) is 25.8 Å². The number of aliphatic imine (C=N–C) groups is 1. The molecule has 3 aromatic carbocycles. The first-order chi connectivity index (χ1) is 17.2. The zero-order chi connectivity index (χ0) is 25.8. The first kappa shape index (κ1) is 26.1. The van der Waals surface area contributed by atoms with Crippen LogP contribution >= 0.6 is 50.1 Å². The van der Waals surface area contributed by atoms with Crippen molar-refractivity contribution in [2.75, 3.05) is 6.61 Å². The molecular formula is C25H17BrClIN2O6. The Morgan fingerprint density at radius 1 is 1.19 bits per heavy atom. The minimum absolute atomic E-state index is 0.0279. The predicted octanol–water partition coefficient (Wildman–Crippen LogP) is 6.94. The summed E-state index contributed by atoms with van der Waals surface area (Å²) in [5.41, 5.74) is 1.81. The van der Waals surface area contributed by atoms with Gasteiger partial charge in [-0.3, -0.25) is 10.1 Å². The Hall–Kier alpha value is -2.96. The van der Waals surface area contributed by atoms with E-state index in [1.165, 1.54) is 18.2 Å². The molecule has 0 amide bonds. The molecule has 1 aliphatic rings. The average Bonchev–Trinajstić information content (AvgIpc) is 3.18. The van der Waals surface area contributed by atoms with Gasteiger partial charge in [-0.2, -0.15) is 0 Å². The lowest BCUT2D eigenvalue weighted by atomic mass is 10.1. The monoisotopic (exact) mass is 682 g/mol. The van der Waals surface area contributed by atoms with Gasteiger partial charge in [-0.1, -0.05) is 39.7 Å². The Balaban J connectivity index is 1.62. The van der Waals surface area contributed by atoms with Gasteiger partial charge in [-0.05, 0) is 77.0 Å². The first-order valence-electron chi connectivity index (χ1n) is 10.6. The van der Waals surface area contributed by atoms with E-state index in [0.717, 1.165) is 13.6 Å². The largest absolute Gasteiger partial charge is 0.490 e. The molecule has 0 bridgehead atoms. The van der Waals surface area contributed by atoms with Crippen LogP contribution in [0.25, 0.3) is 6.08 Å². The van der Waals surface area contributed by atoms with Crippen molar-refractivity contribution in [3.63, 3.8) is 0 Å². The molecule has 0 saturated carbocycles. The van der Waals surface area contributed by atoms with E-state index in [0.29, 0.717) is 30.3 Å². The molecule has 0 unspecified atom stereocenters. The van der Waals surface area contributed by atoms with Crippen molar-refractivity contribution in [3.8, 4) is 11.5 Å². The van der Waals surface area contributed by atoms with Crippen molar-refractivity contribution in [1.29, 1.82) is 0 Å². The number of hydrogen-bond donors (Lipinski definition) is 0. The number of non-ortho nitro benzene ring substituents is 1. The van der Waals surface area contributed by atoms with Gasteiger partial charge in [0.05, 0.1) is 25.7 Å². The third-order valence-corrected chi connectivity index (χ3v) is 6.53. The SMILES string of the molecule is CCOc1cc(/C=C2\N=C(c3ccc([N+](=O)[O-])cc3Cl)OC2=O)cc(I)c1OCc1cccc(Br)c1. The van der Waals surface area contributed by atoms with Gasteiger partial charge in [0.2, 0.25) is 5.90 Å². The average molecular weight is 684 g/mol. The van der Waals surface area contributed by atoms with Crippen LogP contribution in [-0.2, 0) is 16.1 Å². The van der Waals surface area contributed by atoms with Crippen LogP contribution in [0.2, 0.25) is 5.02 Å². The highest BCUT2D eigenvalue weighted by Crippen LogP contribution is 2.36. The molecule has 3 aromatic rings. The van der Waals surface area contributed by atoms with Gasteiger partial charge in [-0.15, -0.1) is 0 Å². The van der Waals surface area contributed by atoms with Crippen LogP contribution in [0.5, 0.6) is 11.5 Å². The molecule has 1 heterocycles. The third-order valence-electron chi connectivity index (χ3n) is 4.92. The standard InChI is InChI=1S/C25H17BrClIN2O6/c1-2-34-22-11-15(9-20(28)23(22)35-13-14-4-3-5-16(26)8-14)10-21-25(31)36-24(29-21)18-7-6-17(30(32)33)12-19(18)27/h3-12H,2,13H2,1H3/b21-10-. The fourth-order valence-corrected chi connectivity index (χ4v) is 4.81. The molecule has 0 aliphatic carbocycles. The maximum absolute atomic E-state index is 12.5. The van der Waals surface area contributed by atoms with E-state index in [1.807, 2.05) is 37.3 Å². The Labute approximate surface area is 233 Å². The minimum atomic E-state index is -0.664. The lowest BCUT2D eigenvalue weighted by molar-refractivity contribution is -0.384. The Morgan fingerprint density at radius 2 is 2.00 bits per heavy atom. The molecule has 0 saturated heterocycles. The molecule has 0 atom stereocenters. The van der Waals surface area contributed by atoms with Crippen molar-refractivity contribution in [2.45, 2.75) is 13.5 Å². The molecular weight excluding hydrogens is 667 g/mol. The summed E-state index contributed by atoms with van der Waals surface area (Å²) >= 11 is 11.8. The summed E-state index contributed by atoms with van der Waals surface area (Å²) in [7, 11) is 0. The number of hydrogen-bond acceptors (Lipinski definition) is 7. The van der Waals surface area contributed by atoms with Crippen molar-refractivity contribution in [3.05, 3.63) is 100 Å². The van der Waals surface area contributed by atoms with E-state index < -0.39 is 10.9 Å². The van der Waals surface area contributed by atoms with Gasteiger partial charge in [0.1, 0.15) is 6.61 Å². The number of benzene rings is 3. The summed E-state index contributed by atoms with van der Waals surface area (Å²) in [5, 5.41) is 11.0. The quantitative estimate of drug-likeness (QED) is 0.0839. The fraction of sp³-hybridized carbons (Fsp3) is 0.120. The number of carbonyl (C=O) groups is 1. The molecule has 8 nitrogen and oxygen atoms in total. The summed E-state index contributed by atoms with van der Waals surface area (Å²) in [6, 6.07) is 15.3. The maximum Gasteiger partial charge on any atom is 0.363 e. The van der Waals surface area contributed by atoms with Gasteiger partial charge in [0.25, 0.3) is 5.69 Å². The van der Waals surface area contributed by atoms with Crippen LogP contribution in [-0.4, -0.2) is 23.4 Å². The smallest absolute Gasteiger partial charge is 0.363 e. The third kappa shape index (κ3) is 6.05. The first-order valence-corrected chi connectivity index (χ1v) is 12.8.